The zero-order valence-electron chi connectivity index (χ0n) is 12.7. The molecule has 4 nitrogen and oxygen atoms in total. The van der Waals surface area contributed by atoms with Crippen LogP contribution in [0.25, 0.3) is 0 Å². The SMILES string of the molecule is Cc1nn(C)c(C)c1C(C)NCC(O)C(C)(C)C. The third-order valence-corrected chi connectivity index (χ3v) is 3.62. The van der Waals surface area contributed by atoms with Gasteiger partial charge in [-0.1, -0.05) is 20.8 Å². The lowest BCUT2D eigenvalue weighted by atomic mass is 9.89. The van der Waals surface area contributed by atoms with Crippen LogP contribution >= 0.6 is 0 Å². The molecule has 2 unspecified atom stereocenters. The molecule has 0 aliphatic rings. The van der Waals surface area contributed by atoms with Gasteiger partial charge in [0.1, 0.15) is 0 Å². The Morgan fingerprint density at radius 2 is 1.89 bits per heavy atom. The molecule has 2 atom stereocenters. The first-order valence-corrected chi connectivity index (χ1v) is 6.56. The van der Waals surface area contributed by atoms with Crippen molar-refractivity contribution in [3.05, 3.63) is 17.0 Å². The van der Waals surface area contributed by atoms with Crippen molar-refractivity contribution < 1.29 is 5.11 Å². The molecule has 1 heterocycles. The van der Waals surface area contributed by atoms with E-state index in [1.165, 1.54) is 11.3 Å². The predicted octanol–water partition coefficient (Wildman–Crippen LogP) is 2.09. The molecule has 18 heavy (non-hydrogen) atoms. The number of hydrogen-bond acceptors (Lipinski definition) is 3. The predicted molar refractivity (Wildman–Crippen MR) is 74.6 cm³/mol. The topological polar surface area (TPSA) is 50.1 Å². The summed E-state index contributed by atoms with van der Waals surface area (Å²) in [6.07, 6.45) is -0.350. The van der Waals surface area contributed by atoms with Crippen LogP contribution in [0.5, 0.6) is 0 Å². The maximum atomic E-state index is 10.0. The minimum absolute atomic E-state index is 0.0915. The van der Waals surface area contributed by atoms with Crippen molar-refractivity contribution in [1.29, 1.82) is 0 Å². The van der Waals surface area contributed by atoms with Gasteiger partial charge in [-0.15, -0.1) is 0 Å². The second kappa shape index (κ2) is 5.41. The van der Waals surface area contributed by atoms with Gasteiger partial charge >= 0.3 is 0 Å². The van der Waals surface area contributed by atoms with Crippen LogP contribution in [0.4, 0.5) is 0 Å². The summed E-state index contributed by atoms with van der Waals surface area (Å²) in [5, 5.41) is 17.9. The first-order chi connectivity index (χ1) is 8.14. The van der Waals surface area contributed by atoms with Gasteiger partial charge in [0.2, 0.25) is 0 Å². The Labute approximate surface area is 110 Å². The number of aliphatic hydroxyl groups is 1. The molecule has 0 spiro atoms. The lowest BCUT2D eigenvalue weighted by molar-refractivity contribution is 0.0609. The summed E-state index contributed by atoms with van der Waals surface area (Å²) in [5.74, 6) is 0. The van der Waals surface area contributed by atoms with Gasteiger partial charge in [-0.05, 0) is 26.2 Å². The molecule has 2 N–H and O–H groups in total. The van der Waals surface area contributed by atoms with Crippen molar-refractivity contribution in [3.8, 4) is 0 Å². The molecular formula is C14H27N3O. The van der Waals surface area contributed by atoms with Crippen LogP contribution in [0, 0.1) is 19.3 Å². The lowest BCUT2D eigenvalue weighted by Gasteiger charge is -2.27. The van der Waals surface area contributed by atoms with Crippen LogP contribution in [-0.2, 0) is 7.05 Å². The molecule has 0 aromatic carbocycles. The van der Waals surface area contributed by atoms with E-state index in [1.807, 2.05) is 39.4 Å². The number of hydrogen-bond donors (Lipinski definition) is 2. The Hall–Kier alpha value is -0.870. The highest BCUT2D eigenvalue weighted by molar-refractivity contribution is 5.27. The fraction of sp³-hybridized carbons (Fsp3) is 0.786. The second-order valence-corrected chi connectivity index (χ2v) is 6.22. The van der Waals surface area contributed by atoms with E-state index in [9.17, 15) is 5.11 Å². The Bertz CT molecular complexity index is 404. The van der Waals surface area contributed by atoms with Crippen LogP contribution in [0.15, 0.2) is 0 Å². The minimum atomic E-state index is -0.350. The van der Waals surface area contributed by atoms with Crippen LogP contribution in [0.2, 0.25) is 0 Å². The summed E-state index contributed by atoms with van der Waals surface area (Å²) in [6, 6.07) is 0.204. The van der Waals surface area contributed by atoms with Crippen LogP contribution in [-0.4, -0.2) is 27.5 Å². The van der Waals surface area contributed by atoms with E-state index < -0.39 is 0 Å². The van der Waals surface area contributed by atoms with Gasteiger partial charge < -0.3 is 10.4 Å². The van der Waals surface area contributed by atoms with Crippen molar-refractivity contribution in [2.45, 2.75) is 53.7 Å². The van der Waals surface area contributed by atoms with Gasteiger partial charge in [0, 0.05) is 30.9 Å². The highest BCUT2D eigenvalue weighted by atomic mass is 16.3. The molecule has 4 heteroatoms. The van der Waals surface area contributed by atoms with Gasteiger partial charge in [0.25, 0.3) is 0 Å². The van der Waals surface area contributed by atoms with Crippen LogP contribution in [0.3, 0.4) is 0 Å². The highest BCUT2D eigenvalue weighted by Gasteiger charge is 2.23. The van der Waals surface area contributed by atoms with Crippen molar-refractivity contribution in [1.82, 2.24) is 15.1 Å². The van der Waals surface area contributed by atoms with E-state index in [1.54, 1.807) is 0 Å². The fourth-order valence-corrected chi connectivity index (χ4v) is 2.11. The second-order valence-electron chi connectivity index (χ2n) is 6.22. The molecule has 0 saturated carbocycles. The quantitative estimate of drug-likeness (QED) is 0.864. The zero-order valence-corrected chi connectivity index (χ0v) is 12.7. The molecule has 104 valence electrons. The molecule has 1 rings (SSSR count). The minimum Gasteiger partial charge on any atom is -0.391 e. The van der Waals surface area contributed by atoms with E-state index >= 15 is 0 Å². The fourth-order valence-electron chi connectivity index (χ4n) is 2.11. The zero-order chi connectivity index (χ0) is 14.1. The Morgan fingerprint density at radius 3 is 2.28 bits per heavy atom. The third kappa shape index (κ3) is 3.33. The average molecular weight is 253 g/mol. The Kier molecular flexibility index (Phi) is 4.56. The monoisotopic (exact) mass is 253 g/mol. The van der Waals surface area contributed by atoms with Gasteiger partial charge in [0.05, 0.1) is 11.8 Å². The summed E-state index contributed by atoms with van der Waals surface area (Å²) < 4.78 is 1.91. The maximum Gasteiger partial charge on any atom is 0.0712 e. The smallest absolute Gasteiger partial charge is 0.0712 e. The summed E-state index contributed by atoms with van der Waals surface area (Å²) in [4.78, 5) is 0. The third-order valence-electron chi connectivity index (χ3n) is 3.62. The molecule has 0 radical (unpaired) electrons. The van der Waals surface area contributed by atoms with E-state index in [-0.39, 0.29) is 17.6 Å². The van der Waals surface area contributed by atoms with Crippen molar-refractivity contribution in [2.24, 2.45) is 12.5 Å². The number of nitrogens with zero attached hydrogens (tertiary/aromatic N) is 2. The Balaban J connectivity index is 2.69. The highest BCUT2D eigenvalue weighted by Crippen LogP contribution is 2.22. The molecule has 0 aliphatic carbocycles. The Morgan fingerprint density at radius 1 is 1.33 bits per heavy atom. The van der Waals surface area contributed by atoms with Crippen molar-refractivity contribution in [3.63, 3.8) is 0 Å². The molecule has 0 fully saturated rings. The lowest BCUT2D eigenvalue weighted by Crippen LogP contribution is -2.37. The molecular weight excluding hydrogens is 226 g/mol. The summed E-state index contributed by atoms with van der Waals surface area (Å²) >= 11 is 0. The van der Waals surface area contributed by atoms with Crippen LogP contribution in [0.1, 0.15) is 50.7 Å². The largest absolute Gasteiger partial charge is 0.391 e. The van der Waals surface area contributed by atoms with Gasteiger partial charge in [-0.25, -0.2) is 0 Å². The van der Waals surface area contributed by atoms with E-state index in [2.05, 4.69) is 24.3 Å². The number of nitrogens with one attached hydrogen (secondary N) is 1. The molecule has 0 aliphatic heterocycles. The molecule has 0 amide bonds. The number of aryl methyl sites for hydroxylation is 2. The molecule has 1 aromatic heterocycles. The molecule has 0 bridgehead atoms. The van der Waals surface area contributed by atoms with Gasteiger partial charge in [-0.2, -0.15) is 5.10 Å². The van der Waals surface area contributed by atoms with Gasteiger partial charge in [0.15, 0.2) is 0 Å². The summed E-state index contributed by atoms with van der Waals surface area (Å²) in [6.45, 7) is 13.0. The average Bonchev–Trinajstić information content (AvgIpc) is 2.48. The van der Waals surface area contributed by atoms with Crippen molar-refractivity contribution in [2.75, 3.05) is 6.54 Å². The first-order valence-electron chi connectivity index (χ1n) is 6.56. The van der Waals surface area contributed by atoms with Crippen molar-refractivity contribution >= 4 is 0 Å². The summed E-state index contributed by atoms with van der Waals surface area (Å²) in [5.41, 5.74) is 3.38. The number of aliphatic hydroxyl groups excluding tert-OH is 1. The molecule has 1 aromatic rings. The number of aromatic nitrogens is 2. The normalized spacial score (nSPS) is 15.8. The van der Waals surface area contributed by atoms with Gasteiger partial charge in [-0.3, -0.25) is 4.68 Å². The maximum absolute atomic E-state index is 10.0. The number of rotatable bonds is 4. The standard InChI is InChI=1S/C14H27N3O/c1-9(15-8-12(18)14(4,5)6)13-10(2)16-17(7)11(13)3/h9,12,15,18H,8H2,1-7H3. The summed E-state index contributed by atoms with van der Waals surface area (Å²) in [7, 11) is 1.96. The van der Waals surface area contributed by atoms with Crippen LogP contribution < -0.4 is 5.32 Å². The molecule has 0 saturated heterocycles. The van der Waals surface area contributed by atoms with E-state index in [0.29, 0.717) is 6.54 Å². The first kappa shape index (κ1) is 15.2. The van der Waals surface area contributed by atoms with E-state index in [4.69, 9.17) is 0 Å². The van der Waals surface area contributed by atoms with E-state index in [0.717, 1.165) is 5.69 Å².